The Morgan fingerprint density at radius 1 is 1.33 bits per heavy atom. The molecule has 2 aromatic rings. The van der Waals surface area contributed by atoms with E-state index in [2.05, 4.69) is 31.0 Å². The first-order valence-corrected chi connectivity index (χ1v) is 8.94. The number of fused-ring (bicyclic) bond motifs is 1. The third-order valence-corrected chi connectivity index (χ3v) is 5.11. The summed E-state index contributed by atoms with van der Waals surface area (Å²) in [5.41, 5.74) is 5.26. The van der Waals surface area contributed by atoms with E-state index >= 15 is 0 Å². The Morgan fingerprint density at radius 3 is 2.83 bits per heavy atom. The van der Waals surface area contributed by atoms with E-state index in [1.54, 1.807) is 0 Å². The number of carbonyl (C=O) groups excluding carboxylic acids is 1. The molecule has 4 nitrogen and oxygen atoms in total. The van der Waals surface area contributed by atoms with E-state index in [4.69, 9.17) is 4.74 Å². The number of nitrogens with zero attached hydrogens (tertiary/aromatic N) is 1. The second kappa shape index (κ2) is 6.98. The van der Waals surface area contributed by atoms with E-state index in [0.29, 0.717) is 6.10 Å². The normalized spacial score (nSPS) is 17.6. The summed E-state index contributed by atoms with van der Waals surface area (Å²) in [6.07, 6.45) is 4.77. The smallest absolute Gasteiger partial charge is 0.270 e. The molecule has 0 bridgehead atoms. The minimum absolute atomic E-state index is 0.0769. The molecule has 1 unspecified atom stereocenters. The zero-order valence-corrected chi connectivity index (χ0v) is 15.2. The molecule has 4 heteroatoms. The van der Waals surface area contributed by atoms with Crippen molar-refractivity contribution in [2.75, 3.05) is 20.2 Å². The average Bonchev–Trinajstić information content (AvgIpc) is 3.16. The minimum Gasteiger partial charge on any atom is -0.378 e. The molecule has 1 aromatic carbocycles. The highest BCUT2D eigenvalue weighted by Crippen LogP contribution is 2.26. The molecule has 1 N–H and O–H groups in total. The maximum atomic E-state index is 12.8. The summed E-state index contributed by atoms with van der Waals surface area (Å²) in [6.45, 7) is 7.88. The largest absolute Gasteiger partial charge is 0.378 e. The molecule has 1 atom stereocenters. The second-order valence-corrected chi connectivity index (χ2v) is 7.13. The SMILES string of the molecule is Cc1cc(C)c2[nH]c(C(=O)N(C)CCCC3CCCO3)c(C)c2c1. The number of carbonyl (C=O) groups is 1. The molecule has 1 aliphatic rings. The lowest BCUT2D eigenvalue weighted by atomic mass is 10.1. The number of aromatic amines is 1. The molecule has 1 amide bonds. The van der Waals surface area contributed by atoms with Gasteiger partial charge in [0, 0.05) is 31.1 Å². The molecule has 24 heavy (non-hydrogen) atoms. The molecule has 1 fully saturated rings. The molecular formula is C20H28N2O2. The molecule has 0 spiro atoms. The van der Waals surface area contributed by atoms with Gasteiger partial charge in [0.2, 0.25) is 0 Å². The molecule has 0 aliphatic carbocycles. The zero-order chi connectivity index (χ0) is 17.3. The van der Waals surface area contributed by atoms with Gasteiger partial charge < -0.3 is 14.6 Å². The van der Waals surface area contributed by atoms with Crippen LogP contribution >= 0.6 is 0 Å². The summed E-state index contributed by atoms with van der Waals surface area (Å²) >= 11 is 0. The van der Waals surface area contributed by atoms with Crippen LogP contribution in [-0.2, 0) is 4.74 Å². The second-order valence-electron chi connectivity index (χ2n) is 7.13. The first-order valence-electron chi connectivity index (χ1n) is 8.94. The number of ether oxygens (including phenoxy) is 1. The Kier molecular flexibility index (Phi) is 4.95. The predicted octanol–water partition coefficient (Wildman–Crippen LogP) is 4.12. The van der Waals surface area contributed by atoms with Crippen molar-refractivity contribution in [3.05, 3.63) is 34.5 Å². The van der Waals surface area contributed by atoms with Gasteiger partial charge >= 0.3 is 0 Å². The summed E-state index contributed by atoms with van der Waals surface area (Å²) < 4.78 is 5.65. The number of nitrogens with one attached hydrogen (secondary N) is 1. The summed E-state index contributed by atoms with van der Waals surface area (Å²) in [7, 11) is 1.89. The van der Waals surface area contributed by atoms with E-state index in [1.807, 2.05) is 18.9 Å². The number of amides is 1. The summed E-state index contributed by atoms with van der Waals surface area (Å²) in [5, 5.41) is 1.16. The summed E-state index contributed by atoms with van der Waals surface area (Å²) in [6, 6.07) is 4.31. The van der Waals surface area contributed by atoms with E-state index < -0.39 is 0 Å². The Hall–Kier alpha value is -1.81. The predicted molar refractivity (Wildman–Crippen MR) is 97.7 cm³/mol. The van der Waals surface area contributed by atoms with Crippen LogP contribution in [0.1, 0.15) is 52.9 Å². The number of hydrogen-bond donors (Lipinski definition) is 1. The van der Waals surface area contributed by atoms with Crippen LogP contribution in [0.5, 0.6) is 0 Å². The quantitative estimate of drug-likeness (QED) is 0.897. The van der Waals surface area contributed by atoms with Crippen LogP contribution in [0.4, 0.5) is 0 Å². The highest BCUT2D eigenvalue weighted by atomic mass is 16.5. The summed E-state index contributed by atoms with van der Waals surface area (Å²) in [4.78, 5) is 18.0. The fourth-order valence-electron chi connectivity index (χ4n) is 3.72. The molecule has 2 heterocycles. The van der Waals surface area contributed by atoms with Crippen molar-refractivity contribution >= 4 is 16.8 Å². The van der Waals surface area contributed by atoms with Crippen molar-refractivity contribution < 1.29 is 9.53 Å². The van der Waals surface area contributed by atoms with Crippen molar-refractivity contribution in [1.29, 1.82) is 0 Å². The van der Waals surface area contributed by atoms with Crippen LogP contribution in [-0.4, -0.2) is 42.1 Å². The van der Waals surface area contributed by atoms with E-state index in [9.17, 15) is 4.79 Å². The average molecular weight is 328 g/mol. The number of rotatable bonds is 5. The Labute approximate surface area is 144 Å². The lowest BCUT2D eigenvalue weighted by molar-refractivity contribution is 0.0758. The number of benzene rings is 1. The maximum absolute atomic E-state index is 12.8. The van der Waals surface area contributed by atoms with Crippen LogP contribution in [0.25, 0.3) is 10.9 Å². The van der Waals surface area contributed by atoms with Gasteiger partial charge in [0.1, 0.15) is 5.69 Å². The van der Waals surface area contributed by atoms with Gasteiger partial charge in [0.15, 0.2) is 0 Å². The van der Waals surface area contributed by atoms with Gasteiger partial charge in [0.05, 0.1) is 6.10 Å². The topological polar surface area (TPSA) is 45.3 Å². The van der Waals surface area contributed by atoms with Crippen LogP contribution in [0, 0.1) is 20.8 Å². The van der Waals surface area contributed by atoms with E-state index in [1.165, 1.54) is 17.5 Å². The first kappa shape index (κ1) is 17.0. The number of aromatic nitrogens is 1. The zero-order valence-electron chi connectivity index (χ0n) is 15.2. The van der Waals surface area contributed by atoms with E-state index in [0.717, 1.165) is 54.6 Å². The molecular weight excluding hydrogens is 300 g/mol. The standard InChI is InChI=1S/C20H28N2O2/c1-13-11-14(2)18-17(12-13)15(3)19(21-18)20(23)22(4)9-5-7-16-8-6-10-24-16/h11-12,16,21H,5-10H2,1-4H3. The van der Waals surface area contributed by atoms with Gasteiger partial charge in [-0.3, -0.25) is 4.79 Å². The molecule has 1 aromatic heterocycles. The minimum atomic E-state index is 0.0769. The molecule has 3 rings (SSSR count). The van der Waals surface area contributed by atoms with Crippen molar-refractivity contribution in [2.45, 2.75) is 52.6 Å². The van der Waals surface area contributed by atoms with Crippen molar-refractivity contribution in [3.63, 3.8) is 0 Å². The Bertz CT molecular complexity index is 742. The van der Waals surface area contributed by atoms with Crippen molar-refractivity contribution in [3.8, 4) is 0 Å². The van der Waals surface area contributed by atoms with Crippen molar-refractivity contribution in [1.82, 2.24) is 9.88 Å². The van der Waals surface area contributed by atoms with Crippen LogP contribution in [0.15, 0.2) is 12.1 Å². The third kappa shape index (κ3) is 3.34. The highest BCUT2D eigenvalue weighted by Gasteiger charge is 2.20. The number of H-pyrrole nitrogens is 1. The monoisotopic (exact) mass is 328 g/mol. The fourth-order valence-corrected chi connectivity index (χ4v) is 3.72. The maximum Gasteiger partial charge on any atom is 0.270 e. The summed E-state index contributed by atoms with van der Waals surface area (Å²) in [5.74, 6) is 0.0769. The van der Waals surface area contributed by atoms with Gasteiger partial charge in [-0.1, -0.05) is 11.6 Å². The lowest BCUT2D eigenvalue weighted by Gasteiger charge is -2.18. The van der Waals surface area contributed by atoms with Gasteiger partial charge in [-0.05, 0) is 63.6 Å². The van der Waals surface area contributed by atoms with E-state index in [-0.39, 0.29) is 5.91 Å². The molecule has 1 aliphatic heterocycles. The van der Waals surface area contributed by atoms with Crippen molar-refractivity contribution in [2.24, 2.45) is 0 Å². The Balaban J connectivity index is 1.70. The van der Waals surface area contributed by atoms with Gasteiger partial charge in [0.25, 0.3) is 5.91 Å². The van der Waals surface area contributed by atoms with Gasteiger partial charge in [-0.25, -0.2) is 0 Å². The molecule has 1 saturated heterocycles. The third-order valence-electron chi connectivity index (χ3n) is 5.11. The Morgan fingerprint density at radius 2 is 2.12 bits per heavy atom. The number of aryl methyl sites for hydroxylation is 3. The first-order chi connectivity index (χ1) is 11.5. The van der Waals surface area contributed by atoms with Gasteiger partial charge in [-0.15, -0.1) is 0 Å². The molecule has 0 radical (unpaired) electrons. The highest BCUT2D eigenvalue weighted by molar-refractivity contribution is 6.01. The van der Waals surface area contributed by atoms with Crippen LogP contribution in [0.3, 0.4) is 0 Å². The lowest BCUT2D eigenvalue weighted by Crippen LogP contribution is -2.29. The van der Waals surface area contributed by atoms with Gasteiger partial charge in [-0.2, -0.15) is 0 Å². The fraction of sp³-hybridized carbons (Fsp3) is 0.550. The molecule has 130 valence electrons. The molecule has 0 saturated carbocycles. The van der Waals surface area contributed by atoms with Crippen LogP contribution in [0.2, 0.25) is 0 Å². The number of hydrogen-bond acceptors (Lipinski definition) is 2. The van der Waals surface area contributed by atoms with Crippen LogP contribution < -0.4 is 0 Å².